The van der Waals surface area contributed by atoms with E-state index in [1.54, 1.807) is 0 Å². The van der Waals surface area contributed by atoms with Crippen molar-refractivity contribution in [2.24, 2.45) is 11.8 Å². The predicted molar refractivity (Wildman–Crippen MR) is 105 cm³/mol. The number of nitrogens with one attached hydrogen (secondary N) is 2. The van der Waals surface area contributed by atoms with Crippen LogP contribution in [-0.2, 0) is 9.53 Å². The maximum Gasteiger partial charge on any atom is 0.237 e. The number of nitrogens with zero attached hydrogens (tertiary/aromatic N) is 1. The SMILES string of the molecule is CC1CCC(F)C2CC(C(=O)NC3CC(F)CC(N4CCOC(CO)C4)C3)NC12. The molecule has 6 nitrogen and oxygen atoms in total. The van der Waals surface area contributed by atoms with E-state index in [-0.39, 0.29) is 48.7 Å². The van der Waals surface area contributed by atoms with Crippen LogP contribution in [0.4, 0.5) is 8.78 Å². The van der Waals surface area contributed by atoms with Crippen LogP contribution in [0, 0.1) is 11.8 Å². The lowest BCUT2D eigenvalue weighted by molar-refractivity contribution is -0.124. The van der Waals surface area contributed by atoms with Crippen LogP contribution in [-0.4, -0.2) is 84.8 Å². The van der Waals surface area contributed by atoms with Gasteiger partial charge in [-0.3, -0.25) is 9.69 Å². The number of hydrogen-bond acceptors (Lipinski definition) is 5. The average molecular weight is 416 g/mol. The Labute approximate surface area is 171 Å². The monoisotopic (exact) mass is 415 g/mol. The van der Waals surface area contributed by atoms with Crippen LogP contribution in [0.2, 0.25) is 0 Å². The number of rotatable bonds is 4. The van der Waals surface area contributed by atoms with Crippen molar-refractivity contribution in [3.63, 3.8) is 0 Å². The number of amides is 1. The molecule has 2 heterocycles. The lowest BCUT2D eigenvalue weighted by atomic mass is 9.77. The summed E-state index contributed by atoms with van der Waals surface area (Å²) in [5.74, 6) is 0.165. The van der Waals surface area contributed by atoms with Crippen LogP contribution >= 0.6 is 0 Å². The molecule has 4 rings (SSSR count). The Hall–Kier alpha value is -0.830. The molecule has 3 N–H and O–H groups in total. The number of hydrogen-bond donors (Lipinski definition) is 3. The van der Waals surface area contributed by atoms with Crippen LogP contribution in [0.3, 0.4) is 0 Å². The van der Waals surface area contributed by atoms with E-state index in [1.807, 2.05) is 0 Å². The minimum Gasteiger partial charge on any atom is -0.394 e. The fraction of sp³-hybridized carbons (Fsp3) is 0.952. The Morgan fingerprint density at radius 2 is 2.07 bits per heavy atom. The van der Waals surface area contributed by atoms with Crippen molar-refractivity contribution in [2.45, 2.75) is 88.1 Å². The van der Waals surface area contributed by atoms with E-state index in [1.165, 1.54) is 0 Å². The van der Waals surface area contributed by atoms with E-state index in [4.69, 9.17) is 4.74 Å². The molecule has 4 aliphatic rings. The largest absolute Gasteiger partial charge is 0.394 e. The Morgan fingerprint density at radius 1 is 1.24 bits per heavy atom. The van der Waals surface area contributed by atoms with Gasteiger partial charge in [-0.2, -0.15) is 0 Å². The fourth-order valence-electron chi connectivity index (χ4n) is 5.92. The highest BCUT2D eigenvalue weighted by molar-refractivity contribution is 5.82. The standard InChI is InChI=1S/C21H35F2N3O3/c1-12-2-3-18(23)17-9-19(25-20(12)17)21(28)24-14-6-13(22)7-15(8-14)26-4-5-29-16(10-26)11-27/h12-20,25,27H,2-11H2,1H3,(H,24,28). The summed E-state index contributed by atoms with van der Waals surface area (Å²) in [5, 5.41) is 15.8. The van der Waals surface area contributed by atoms with E-state index in [0.29, 0.717) is 51.2 Å². The highest BCUT2D eigenvalue weighted by atomic mass is 19.1. The van der Waals surface area contributed by atoms with Gasteiger partial charge >= 0.3 is 0 Å². The smallest absolute Gasteiger partial charge is 0.237 e. The molecule has 0 aromatic rings. The van der Waals surface area contributed by atoms with Gasteiger partial charge in [-0.05, 0) is 44.4 Å². The van der Waals surface area contributed by atoms with E-state index in [2.05, 4.69) is 22.5 Å². The summed E-state index contributed by atoms with van der Waals surface area (Å²) in [6.07, 6.45) is 1.44. The average Bonchev–Trinajstić information content (AvgIpc) is 3.17. The number of fused-ring (bicyclic) bond motifs is 1. The molecule has 2 saturated carbocycles. The number of aliphatic hydroxyl groups excluding tert-OH is 1. The van der Waals surface area contributed by atoms with Crippen LogP contribution < -0.4 is 10.6 Å². The second-order valence-corrected chi connectivity index (χ2v) is 9.55. The first kappa shape index (κ1) is 21.4. The third kappa shape index (κ3) is 4.75. The van der Waals surface area contributed by atoms with Crippen LogP contribution in [0.15, 0.2) is 0 Å². The number of halogens is 2. The molecule has 29 heavy (non-hydrogen) atoms. The third-order valence-corrected chi connectivity index (χ3v) is 7.52. The summed E-state index contributed by atoms with van der Waals surface area (Å²) in [4.78, 5) is 15.1. The molecule has 166 valence electrons. The molecule has 2 aliphatic carbocycles. The maximum atomic E-state index is 14.5. The Bertz CT molecular complexity index is 565. The molecule has 9 atom stereocenters. The molecule has 9 unspecified atom stereocenters. The molecule has 2 aliphatic heterocycles. The molecule has 8 heteroatoms. The second kappa shape index (κ2) is 9.12. The molecule has 4 fully saturated rings. The maximum absolute atomic E-state index is 14.5. The Balaban J connectivity index is 1.33. The zero-order valence-electron chi connectivity index (χ0n) is 17.2. The van der Waals surface area contributed by atoms with Crippen molar-refractivity contribution in [3.05, 3.63) is 0 Å². The lowest BCUT2D eigenvalue weighted by Gasteiger charge is -2.42. The third-order valence-electron chi connectivity index (χ3n) is 7.52. The van der Waals surface area contributed by atoms with Gasteiger partial charge in [0, 0.05) is 37.1 Å². The van der Waals surface area contributed by atoms with E-state index in [9.17, 15) is 18.7 Å². The van der Waals surface area contributed by atoms with Crippen molar-refractivity contribution >= 4 is 5.91 Å². The topological polar surface area (TPSA) is 73.8 Å². The van der Waals surface area contributed by atoms with Crippen molar-refractivity contribution < 1.29 is 23.4 Å². The first-order valence-electron chi connectivity index (χ1n) is 11.3. The quantitative estimate of drug-likeness (QED) is 0.643. The summed E-state index contributed by atoms with van der Waals surface area (Å²) >= 11 is 0. The molecule has 0 aromatic heterocycles. The van der Waals surface area contributed by atoms with Gasteiger partial charge in [-0.25, -0.2) is 8.78 Å². The van der Waals surface area contributed by atoms with Gasteiger partial charge in [-0.15, -0.1) is 0 Å². The fourth-order valence-corrected chi connectivity index (χ4v) is 5.92. The van der Waals surface area contributed by atoms with Gasteiger partial charge in [-0.1, -0.05) is 6.92 Å². The van der Waals surface area contributed by atoms with Gasteiger partial charge in [0.05, 0.1) is 25.4 Å². The molecule has 0 spiro atoms. The first-order chi connectivity index (χ1) is 13.9. The Morgan fingerprint density at radius 3 is 2.83 bits per heavy atom. The van der Waals surface area contributed by atoms with Crippen molar-refractivity contribution in [1.29, 1.82) is 0 Å². The lowest BCUT2D eigenvalue weighted by Crippen LogP contribution is -2.55. The van der Waals surface area contributed by atoms with Crippen LogP contribution in [0.5, 0.6) is 0 Å². The van der Waals surface area contributed by atoms with Crippen molar-refractivity contribution in [1.82, 2.24) is 15.5 Å². The van der Waals surface area contributed by atoms with Gasteiger partial charge in [0.2, 0.25) is 5.91 Å². The van der Waals surface area contributed by atoms with Crippen molar-refractivity contribution in [3.8, 4) is 0 Å². The summed E-state index contributed by atoms with van der Waals surface area (Å²) in [5.41, 5.74) is 0. The summed E-state index contributed by atoms with van der Waals surface area (Å²) in [7, 11) is 0. The minimum atomic E-state index is -0.955. The number of alkyl halides is 2. The van der Waals surface area contributed by atoms with Gasteiger partial charge in [0.25, 0.3) is 0 Å². The number of morpholine rings is 1. The van der Waals surface area contributed by atoms with Gasteiger partial charge in [0.1, 0.15) is 12.3 Å². The van der Waals surface area contributed by atoms with E-state index in [0.717, 1.165) is 13.0 Å². The minimum absolute atomic E-state index is 0.0356. The molecule has 0 bridgehead atoms. The number of aliphatic hydroxyl groups is 1. The summed E-state index contributed by atoms with van der Waals surface area (Å²) in [6, 6.07) is -0.498. The Kier molecular flexibility index (Phi) is 6.73. The highest BCUT2D eigenvalue weighted by Gasteiger charge is 2.46. The van der Waals surface area contributed by atoms with E-state index < -0.39 is 12.3 Å². The van der Waals surface area contributed by atoms with E-state index >= 15 is 0 Å². The highest BCUT2D eigenvalue weighted by Crippen LogP contribution is 2.38. The van der Waals surface area contributed by atoms with Crippen LogP contribution in [0.25, 0.3) is 0 Å². The summed E-state index contributed by atoms with van der Waals surface area (Å²) in [6.45, 7) is 3.94. The predicted octanol–water partition coefficient (Wildman–Crippen LogP) is 1.17. The second-order valence-electron chi connectivity index (χ2n) is 9.55. The zero-order chi connectivity index (χ0) is 20.5. The van der Waals surface area contributed by atoms with Gasteiger partial charge in [0.15, 0.2) is 0 Å². The zero-order valence-corrected chi connectivity index (χ0v) is 17.2. The number of carbonyl (C=O) groups excluding carboxylic acids is 1. The number of ether oxygens (including phenoxy) is 1. The molecule has 1 amide bonds. The summed E-state index contributed by atoms with van der Waals surface area (Å²) < 4.78 is 34.3. The van der Waals surface area contributed by atoms with Crippen LogP contribution in [0.1, 0.15) is 45.4 Å². The molecular weight excluding hydrogens is 380 g/mol. The molecular formula is C21H35F2N3O3. The molecule has 0 aromatic carbocycles. The van der Waals surface area contributed by atoms with Crippen molar-refractivity contribution in [2.75, 3.05) is 26.3 Å². The number of carbonyl (C=O) groups is 1. The normalized spacial score (nSPS) is 46.3. The van der Waals surface area contributed by atoms with Gasteiger partial charge < -0.3 is 20.5 Å². The molecule has 0 radical (unpaired) electrons. The molecule has 2 saturated heterocycles. The first-order valence-corrected chi connectivity index (χ1v) is 11.3.